The number of carbonyl (C=O) groups excluding carboxylic acids is 2. The van der Waals surface area contributed by atoms with Gasteiger partial charge in [0.05, 0.1) is 7.11 Å². The van der Waals surface area contributed by atoms with Gasteiger partial charge in [0, 0.05) is 45.0 Å². The molecule has 33 heavy (non-hydrogen) atoms. The summed E-state index contributed by atoms with van der Waals surface area (Å²) < 4.78 is 17.1. The van der Waals surface area contributed by atoms with Gasteiger partial charge in [-0.1, -0.05) is 15.9 Å². The number of allylic oxidation sites excluding steroid dienone is 3. The zero-order valence-corrected chi connectivity index (χ0v) is 19.9. The largest absolute Gasteiger partial charge is 0.497 e. The molecule has 0 radical (unpaired) electrons. The minimum Gasteiger partial charge on any atom is -0.497 e. The van der Waals surface area contributed by atoms with Crippen molar-refractivity contribution in [2.45, 2.75) is 32.1 Å². The zero-order chi connectivity index (χ0) is 23.1. The molecule has 2 aromatic rings. The molecule has 1 unspecified atom stereocenters. The Morgan fingerprint density at radius 2 is 1.88 bits per heavy atom. The van der Waals surface area contributed by atoms with Crippen molar-refractivity contribution in [3.05, 3.63) is 69.0 Å². The van der Waals surface area contributed by atoms with Gasteiger partial charge in [0.2, 0.25) is 6.79 Å². The molecule has 8 heteroatoms. The molecule has 2 N–H and O–H groups in total. The molecule has 7 nitrogen and oxygen atoms in total. The summed E-state index contributed by atoms with van der Waals surface area (Å²) >= 11 is 3.64. The number of ketones is 1. The third-order valence-electron chi connectivity index (χ3n) is 6.17. The fourth-order valence-corrected chi connectivity index (χ4v) is 5.17. The molecule has 1 amide bonds. The van der Waals surface area contributed by atoms with Crippen LogP contribution in [0, 0.1) is 0 Å². The van der Waals surface area contributed by atoms with Gasteiger partial charge in [-0.3, -0.25) is 9.59 Å². The van der Waals surface area contributed by atoms with Gasteiger partial charge in [-0.25, -0.2) is 0 Å². The van der Waals surface area contributed by atoms with Crippen molar-refractivity contribution >= 4 is 33.3 Å². The average Bonchev–Trinajstić information content (AvgIpc) is 3.25. The summed E-state index contributed by atoms with van der Waals surface area (Å²) in [7, 11) is 1.59. The number of methoxy groups -OCH3 is 1. The SMILES string of the molecule is COc1ccc(NC(=O)C2=C(C)NC3=C(C(=O)CCC3)C2c2cc3c(cc2Br)OCO3)cc1. The van der Waals surface area contributed by atoms with Crippen LogP contribution in [0.5, 0.6) is 17.2 Å². The van der Waals surface area contributed by atoms with Gasteiger partial charge in [0.1, 0.15) is 5.75 Å². The Kier molecular flexibility index (Phi) is 5.62. The number of benzene rings is 2. The lowest BCUT2D eigenvalue weighted by Gasteiger charge is -2.35. The van der Waals surface area contributed by atoms with Gasteiger partial charge in [0.25, 0.3) is 5.91 Å². The number of Topliss-reactive ketones (excluding diaryl/α,β-unsaturated/α-hetero) is 1. The summed E-state index contributed by atoms with van der Waals surface area (Å²) in [6.07, 6.45) is 2.02. The second kappa shape index (κ2) is 8.59. The Bertz CT molecular complexity index is 1220. The first-order chi connectivity index (χ1) is 16.0. The first-order valence-electron chi connectivity index (χ1n) is 10.7. The predicted molar refractivity (Wildman–Crippen MR) is 126 cm³/mol. The maximum absolute atomic E-state index is 13.6. The topological polar surface area (TPSA) is 85.9 Å². The van der Waals surface area contributed by atoms with E-state index >= 15 is 0 Å². The maximum atomic E-state index is 13.6. The smallest absolute Gasteiger partial charge is 0.254 e. The highest BCUT2D eigenvalue weighted by Gasteiger charge is 2.40. The second-order valence-electron chi connectivity index (χ2n) is 8.18. The maximum Gasteiger partial charge on any atom is 0.254 e. The molecular weight excluding hydrogens is 488 g/mol. The number of fused-ring (bicyclic) bond motifs is 1. The minimum absolute atomic E-state index is 0.0561. The molecule has 3 aliphatic rings. The lowest BCUT2D eigenvalue weighted by molar-refractivity contribution is -0.116. The summed E-state index contributed by atoms with van der Waals surface area (Å²) in [6.45, 7) is 2.02. The van der Waals surface area contributed by atoms with Gasteiger partial charge in [-0.2, -0.15) is 0 Å². The van der Waals surface area contributed by atoms with Crippen molar-refractivity contribution in [2.24, 2.45) is 0 Å². The number of halogens is 1. The number of amides is 1. The van der Waals surface area contributed by atoms with Crippen LogP contribution in [0.1, 0.15) is 37.7 Å². The fraction of sp³-hybridized carbons (Fsp3) is 0.280. The molecule has 0 saturated heterocycles. The van der Waals surface area contributed by atoms with Crippen molar-refractivity contribution < 1.29 is 23.8 Å². The molecule has 2 aliphatic heterocycles. The van der Waals surface area contributed by atoms with Gasteiger partial charge in [-0.15, -0.1) is 0 Å². The zero-order valence-electron chi connectivity index (χ0n) is 18.3. The van der Waals surface area contributed by atoms with Crippen LogP contribution in [0.15, 0.2) is 63.4 Å². The molecule has 0 fully saturated rings. The quantitative estimate of drug-likeness (QED) is 0.614. The van der Waals surface area contributed by atoms with Gasteiger partial charge in [-0.05, 0) is 61.7 Å². The van der Waals surface area contributed by atoms with Crippen LogP contribution in [0.2, 0.25) is 0 Å². The first kappa shape index (κ1) is 21.6. The third kappa shape index (κ3) is 3.88. The molecule has 1 atom stereocenters. The molecule has 2 heterocycles. The van der Waals surface area contributed by atoms with Crippen LogP contribution in [0.3, 0.4) is 0 Å². The van der Waals surface area contributed by atoms with Crippen LogP contribution in [-0.4, -0.2) is 25.6 Å². The van der Waals surface area contributed by atoms with Gasteiger partial charge < -0.3 is 24.8 Å². The number of carbonyl (C=O) groups is 2. The molecule has 0 saturated carbocycles. The average molecular weight is 511 g/mol. The molecule has 0 bridgehead atoms. The van der Waals surface area contributed by atoms with Crippen LogP contribution >= 0.6 is 15.9 Å². The number of hydrogen-bond donors (Lipinski definition) is 2. The van der Waals surface area contributed by atoms with Crippen LogP contribution in [0.4, 0.5) is 5.69 Å². The first-order valence-corrected chi connectivity index (χ1v) is 11.5. The summed E-state index contributed by atoms with van der Waals surface area (Å²) in [5, 5.41) is 6.32. The highest BCUT2D eigenvalue weighted by Crippen LogP contribution is 2.48. The van der Waals surface area contributed by atoms with E-state index in [0.717, 1.165) is 34.3 Å². The molecular formula is C25H23BrN2O5. The summed E-state index contributed by atoms with van der Waals surface area (Å²) in [5.41, 5.74) is 4.19. The second-order valence-corrected chi connectivity index (χ2v) is 9.03. The predicted octanol–water partition coefficient (Wildman–Crippen LogP) is 4.79. The lowest BCUT2D eigenvalue weighted by Crippen LogP contribution is -2.35. The van der Waals surface area contributed by atoms with Gasteiger partial charge in [0.15, 0.2) is 17.3 Å². The van der Waals surface area contributed by atoms with E-state index in [1.165, 1.54) is 0 Å². The standard InChI is InChI=1S/C25H23BrN2O5/c1-13-22(25(30)28-14-6-8-15(31-2)9-7-14)23(24-18(27-13)4-3-5-19(24)29)16-10-20-21(11-17(16)26)33-12-32-20/h6-11,23,27H,3-5,12H2,1-2H3,(H,28,30). The molecule has 0 spiro atoms. The highest BCUT2D eigenvalue weighted by molar-refractivity contribution is 9.10. The number of dihydropyridines is 1. The lowest BCUT2D eigenvalue weighted by atomic mass is 9.75. The van der Waals surface area contributed by atoms with E-state index in [2.05, 4.69) is 26.6 Å². The van der Waals surface area contributed by atoms with Crippen LogP contribution in [0.25, 0.3) is 0 Å². The normalized spacial score (nSPS) is 19.2. The van der Waals surface area contributed by atoms with Crippen LogP contribution < -0.4 is 24.8 Å². The van der Waals surface area contributed by atoms with E-state index < -0.39 is 5.92 Å². The van der Waals surface area contributed by atoms with E-state index in [1.807, 2.05) is 19.1 Å². The molecule has 0 aromatic heterocycles. The Labute approximate surface area is 199 Å². The Morgan fingerprint density at radius 1 is 1.15 bits per heavy atom. The van der Waals surface area contributed by atoms with E-state index in [9.17, 15) is 9.59 Å². The summed E-state index contributed by atoms with van der Waals surface area (Å²) in [6, 6.07) is 10.8. The van der Waals surface area contributed by atoms with Crippen molar-refractivity contribution in [2.75, 3.05) is 19.2 Å². The van der Waals surface area contributed by atoms with E-state index in [-0.39, 0.29) is 18.5 Å². The number of anilines is 1. The number of ether oxygens (including phenoxy) is 3. The minimum atomic E-state index is -0.531. The van der Waals surface area contributed by atoms with Crippen molar-refractivity contribution in [1.82, 2.24) is 5.32 Å². The Hall–Kier alpha value is -3.26. The fourth-order valence-electron chi connectivity index (χ4n) is 4.62. The van der Waals surface area contributed by atoms with E-state index in [0.29, 0.717) is 40.5 Å². The third-order valence-corrected chi connectivity index (χ3v) is 6.86. The van der Waals surface area contributed by atoms with Crippen LogP contribution in [-0.2, 0) is 9.59 Å². The molecule has 1 aliphatic carbocycles. The summed E-state index contributed by atoms with van der Waals surface area (Å²) in [5.74, 6) is 1.19. The monoisotopic (exact) mass is 510 g/mol. The number of hydrogen-bond acceptors (Lipinski definition) is 6. The molecule has 5 rings (SSSR count). The van der Waals surface area contributed by atoms with E-state index in [1.54, 1.807) is 31.4 Å². The van der Waals surface area contributed by atoms with Crippen molar-refractivity contribution in [1.29, 1.82) is 0 Å². The number of rotatable bonds is 4. The Morgan fingerprint density at radius 3 is 2.61 bits per heavy atom. The van der Waals surface area contributed by atoms with Crippen molar-refractivity contribution in [3.63, 3.8) is 0 Å². The van der Waals surface area contributed by atoms with Gasteiger partial charge >= 0.3 is 0 Å². The molecule has 170 valence electrons. The molecule has 2 aromatic carbocycles. The number of nitrogens with one attached hydrogen (secondary N) is 2. The highest BCUT2D eigenvalue weighted by atomic mass is 79.9. The van der Waals surface area contributed by atoms with Crippen molar-refractivity contribution in [3.8, 4) is 17.2 Å². The Balaban J connectivity index is 1.59. The summed E-state index contributed by atoms with van der Waals surface area (Å²) in [4.78, 5) is 26.7. The van der Waals surface area contributed by atoms with E-state index in [4.69, 9.17) is 14.2 Å².